The van der Waals surface area contributed by atoms with Gasteiger partial charge in [-0.3, -0.25) is 19.7 Å². The van der Waals surface area contributed by atoms with Crippen molar-refractivity contribution in [3.8, 4) is 0 Å². The van der Waals surface area contributed by atoms with Gasteiger partial charge in [0.05, 0.1) is 5.56 Å². The molecule has 0 aromatic heterocycles. The quantitative estimate of drug-likeness (QED) is 0.721. The van der Waals surface area contributed by atoms with Crippen LogP contribution in [-0.2, 0) is 9.59 Å². The van der Waals surface area contributed by atoms with Crippen molar-refractivity contribution in [1.29, 1.82) is 0 Å². The Morgan fingerprint density at radius 2 is 1.78 bits per heavy atom. The first-order chi connectivity index (χ1) is 8.47. The molecule has 0 saturated carbocycles. The summed E-state index contributed by atoms with van der Waals surface area (Å²) in [5.41, 5.74) is -0.376. The van der Waals surface area contributed by atoms with Crippen molar-refractivity contribution < 1.29 is 23.2 Å². The van der Waals surface area contributed by atoms with Crippen molar-refractivity contribution in [3.63, 3.8) is 0 Å². The molecule has 94 valence electrons. The number of benzene rings is 1. The summed E-state index contributed by atoms with van der Waals surface area (Å²) in [5.74, 6) is -3.94. The van der Waals surface area contributed by atoms with E-state index in [0.29, 0.717) is 6.07 Å². The minimum Gasteiger partial charge on any atom is -0.320 e. The molecule has 1 heterocycles. The van der Waals surface area contributed by atoms with Gasteiger partial charge in [-0.25, -0.2) is 8.78 Å². The Bertz CT molecular complexity index is 529. The van der Waals surface area contributed by atoms with Crippen molar-refractivity contribution in [1.82, 2.24) is 10.2 Å². The smallest absolute Gasteiger partial charge is 0.257 e. The van der Waals surface area contributed by atoms with Crippen LogP contribution in [0.4, 0.5) is 8.78 Å². The highest BCUT2D eigenvalue weighted by molar-refractivity contribution is 6.05. The molecule has 7 heteroatoms. The summed E-state index contributed by atoms with van der Waals surface area (Å²) in [6.45, 7) is -0.664. The molecule has 0 unspecified atom stereocenters. The number of imide groups is 1. The molecule has 1 aliphatic rings. The topological polar surface area (TPSA) is 66.5 Å². The zero-order chi connectivity index (χ0) is 13.3. The van der Waals surface area contributed by atoms with E-state index in [2.05, 4.69) is 0 Å². The lowest BCUT2D eigenvalue weighted by Gasteiger charge is -2.25. The lowest BCUT2D eigenvalue weighted by atomic mass is 10.1. The molecule has 0 aliphatic carbocycles. The van der Waals surface area contributed by atoms with E-state index in [1.807, 2.05) is 5.32 Å². The summed E-state index contributed by atoms with van der Waals surface area (Å²) < 4.78 is 26.1. The van der Waals surface area contributed by atoms with E-state index in [1.165, 1.54) is 0 Å². The third kappa shape index (κ3) is 2.34. The maximum atomic E-state index is 13.4. The zero-order valence-electron chi connectivity index (χ0n) is 9.07. The first-order valence-corrected chi connectivity index (χ1v) is 5.04. The molecule has 18 heavy (non-hydrogen) atoms. The average Bonchev–Trinajstić information content (AvgIpc) is 2.26. The molecular formula is C11H8F2N2O3. The maximum absolute atomic E-state index is 13.4. The summed E-state index contributed by atoms with van der Waals surface area (Å²) in [7, 11) is 0. The Morgan fingerprint density at radius 1 is 1.17 bits per heavy atom. The molecule has 2 rings (SSSR count). The normalized spacial score (nSPS) is 15.6. The highest BCUT2D eigenvalue weighted by atomic mass is 19.1. The Morgan fingerprint density at radius 3 is 2.33 bits per heavy atom. The standard InChI is InChI=1S/C11H8F2N2O3/c12-6-1-2-7(8(13)3-6)11(18)15-4-9(16)14-10(17)5-15/h1-3H,4-5H2,(H,14,16,17). The molecule has 3 amide bonds. The van der Waals surface area contributed by atoms with Gasteiger partial charge in [0.1, 0.15) is 24.7 Å². The molecule has 0 radical (unpaired) electrons. The minimum absolute atomic E-state index is 0.332. The molecule has 1 N–H and O–H groups in total. The van der Waals surface area contributed by atoms with Crippen LogP contribution in [0, 0.1) is 11.6 Å². The molecule has 5 nitrogen and oxygen atoms in total. The summed E-state index contributed by atoms with van der Waals surface area (Å²) >= 11 is 0. The van der Waals surface area contributed by atoms with E-state index >= 15 is 0 Å². The molecular weight excluding hydrogens is 246 g/mol. The van der Waals surface area contributed by atoms with Gasteiger partial charge in [0.25, 0.3) is 5.91 Å². The van der Waals surface area contributed by atoms with Crippen molar-refractivity contribution in [2.45, 2.75) is 0 Å². The number of halogens is 2. The van der Waals surface area contributed by atoms with Gasteiger partial charge >= 0.3 is 0 Å². The van der Waals surface area contributed by atoms with Gasteiger partial charge in [-0.2, -0.15) is 0 Å². The van der Waals surface area contributed by atoms with E-state index < -0.39 is 29.4 Å². The predicted molar refractivity (Wildman–Crippen MR) is 55.4 cm³/mol. The lowest BCUT2D eigenvalue weighted by molar-refractivity contribution is -0.135. The summed E-state index contributed by atoms with van der Waals surface area (Å²) in [5, 5.41) is 2.01. The molecule has 1 aromatic carbocycles. The van der Waals surface area contributed by atoms with E-state index in [1.54, 1.807) is 0 Å². The second kappa shape index (κ2) is 4.52. The fraction of sp³-hybridized carbons (Fsp3) is 0.182. The molecule has 1 saturated heterocycles. The monoisotopic (exact) mass is 254 g/mol. The number of nitrogens with one attached hydrogen (secondary N) is 1. The van der Waals surface area contributed by atoms with Gasteiger partial charge in [0.15, 0.2) is 0 Å². The van der Waals surface area contributed by atoms with Gasteiger partial charge in [-0.05, 0) is 12.1 Å². The van der Waals surface area contributed by atoms with Crippen LogP contribution in [0.1, 0.15) is 10.4 Å². The van der Waals surface area contributed by atoms with Gasteiger partial charge in [0.2, 0.25) is 11.8 Å². The molecule has 0 bridgehead atoms. The van der Waals surface area contributed by atoms with Crippen LogP contribution in [0.5, 0.6) is 0 Å². The van der Waals surface area contributed by atoms with Crippen molar-refractivity contribution in [2.75, 3.05) is 13.1 Å². The van der Waals surface area contributed by atoms with Gasteiger partial charge in [-0.1, -0.05) is 0 Å². The average molecular weight is 254 g/mol. The molecule has 1 aliphatic heterocycles. The Hall–Kier alpha value is -2.31. The largest absolute Gasteiger partial charge is 0.320 e. The van der Waals surface area contributed by atoms with Crippen molar-refractivity contribution in [3.05, 3.63) is 35.4 Å². The molecule has 0 spiro atoms. The van der Waals surface area contributed by atoms with E-state index in [4.69, 9.17) is 0 Å². The number of carbonyl (C=O) groups excluding carboxylic acids is 3. The lowest BCUT2D eigenvalue weighted by Crippen LogP contribution is -2.53. The molecule has 0 atom stereocenters. The number of hydrogen-bond donors (Lipinski definition) is 1. The van der Waals surface area contributed by atoms with Gasteiger partial charge in [0, 0.05) is 6.07 Å². The Balaban J connectivity index is 2.25. The number of hydrogen-bond acceptors (Lipinski definition) is 3. The SMILES string of the molecule is O=C1CN(C(=O)c2ccc(F)cc2F)CC(=O)N1. The van der Waals surface area contributed by atoms with Gasteiger partial charge in [-0.15, -0.1) is 0 Å². The number of rotatable bonds is 1. The van der Waals surface area contributed by atoms with Crippen molar-refractivity contribution >= 4 is 17.7 Å². The highest BCUT2D eigenvalue weighted by Gasteiger charge is 2.28. The fourth-order valence-electron chi connectivity index (χ4n) is 1.61. The van der Waals surface area contributed by atoms with Gasteiger partial charge < -0.3 is 4.90 Å². The van der Waals surface area contributed by atoms with Crippen LogP contribution in [-0.4, -0.2) is 35.7 Å². The summed E-state index contributed by atoms with van der Waals surface area (Å²) in [6.07, 6.45) is 0. The van der Waals surface area contributed by atoms with E-state index in [0.717, 1.165) is 17.0 Å². The Kier molecular flexibility index (Phi) is 3.05. The van der Waals surface area contributed by atoms with Crippen LogP contribution >= 0.6 is 0 Å². The van der Waals surface area contributed by atoms with Crippen LogP contribution in [0.2, 0.25) is 0 Å². The molecule has 1 fully saturated rings. The third-order valence-corrected chi connectivity index (χ3v) is 2.40. The van der Waals surface area contributed by atoms with Crippen LogP contribution in [0.15, 0.2) is 18.2 Å². The fourth-order valence-corrected chi connectivity index (χ4v) is 1.61. The zero-order valence-corrected chi connectivity index (χ0v) is 9.07. The number of piperazine rings is 1. The third-order valence-electron chi connectivity index (χ3n) is 2.40. The van der Waals surface area contributed by atoms with Crippen molar-refractivity contribution in [2.24, 2.45) is 0 Å². The highest BCUT2D eigenvalue weighted by Crippen LogP contribution is 2.13. The second-order valence-corrected chi connectivity index (χ2v) is 3.76. The number of nitrogens with zero attached hydrogens (tertiary/aromatic N) is 1. The first-order valence-electron chi connectivity index (χ1n) is 5.04. The molecule has 1 aromatic rings. The Labute approximate surface area is 100 Å². The number of amides is 3. The van der Waals surface area contributed by atoms with Crippen LogP contribution < -0.4 is 5.32 Å². The second-order valence-electron chi connectivity index (χ2n) is 3.76. The summed E-state index contributed by atoms with van der Waals surface area (Å²) in [4.78, 5) is 34.9. The van der Waals surface area contributed by atoms with E-state index in [9.17, 15) is 23.2 Å². The maximum Gasteiger partial charge on any atom is 0.257 e. The predicted octanol–water partition coefficient (Wildman–Crippen LogP) is 0.0634. The summed E-state index contributed by atoms with van der Waals surface area (Å²) in [6, 6.07) is 2.48. The number of carbonyl (C=O) groups is 3. The van der Waals surface area contributed by atoms with Crippen LogP contribution in [0.25, 0.3) is 0 Å². The van der Waals surface area contributed by atoms with E-state index in [-0.39, 0.29) is 18.7 Å². The first kappa shape index (κ1) is 12.2. The minimum atomic E-state index is -1.03. The van der Waals surface area contributed by atoms with Crippen LogP contribution in [0.3, 0.4) is 0 Å².